The fourth-order valence-electron chi connectivity index (χ4n) is 2.46. The molecule has 0 bridgehead atoms. The summed E-state index contributed by atoms with van der Waals surface area (Å²) < 4.78 is 15.3. The van der Waals surface area contributed by atoms with Crippen LogP contribution in [0.3, 0.4) is 0 Å². The van der Waals surface area contributed by atoms with E-state index in [1.54, 1.807) is 0 Å². The number of hydrogen-bond acceptors (Lipinski definition) is 3. The van der Waals surface area contributed by atoms with Gasteiger partial charge in [0.1, 0.15) is 0 Å². The summed E-state index contributed by atoms with van der Waals surface area (Å²) in [5.41, 5.74) is 0. The minimum atomic E-state index is -4.48. The monoisotopic (exact) mass is 418 g/mol. The first-order valence-corrected chi connectivity index (χ1v) is 13.9. The molecule has 0 aliphatic heterocycles. The molecule has 0 aromatic rings. The maximum atomic E-state index is 10.3. The summed E-state index contributed by atoms with van der Waals surface area (Å²) in [6, 6.07) is 0. The topological polar surface area (TPSA) is 76.0 Å². The van der Waals surface area contributed by atoms with Gasteiger partial charge < -0.3 is 9.79 Å². The Kier molecular flexibility index (Phi) is 26.2. The van der Waals surface area contributed by atoms with E-state index in [9.17, 15) is 4.57 Å². The summed E-state index contributed by atoms with van der Waals surface area (Å²) >= 11 is 1.37. The molecule has 0 aromatic carbocycles. The zero-order valence-electron chi connectivity index (χ0n) is 18.5. The third-order valence-corrected chi connectivity index (χ3v) is 5.66. The molecule has 0 saturated heterocycles. The summed E-state index contributed by atoms with van der Waals surface area (Å²) in [5, 5.41) is 0. The van der Waals surface area contributed by atoms with Crippen LogP contribution in [0, 0.1) is 0 Å². The molecular formula is C20H44NaO5P. The summed E-state index contributed by atoms with van der Waals surface area (Å²) in [6.45, 7) is 7.01. The van der Waals surface area contributed by atoms with Gasteiger partial charge in [0, 0.05) is 0 Å². The minimum absolute atomic E-state index is 0.239. The van der Waals surface area contributed by atoms with Gasteiger partial charge in [-0.3, -0.25) is 0 Å². The molecule has 0 saturated carbocycles. The van der Waals surface area contributed by atoms with Crippen molar-refractivity contribution in [3.8, 4) is 0 Å². The fourth-order valence-corrected chi connectivity index (χ4v) is 2.67. The van der Waals surface area contributed by atoms with Crippen molar-refractivity contribution in [3.05, 3.63) is 0 Å². The van der Waals surface area contributed by atoms with Crippen LogP contribution in [0.1, 0.15) is 117 Å². The first-order valence-electron chi connectivity index (χ1n) is 11.2. The van der Waals surface area contributed by atoms with E-state index in [-0.39, 0.29) is 6.61 Å². The van der Waals surface area contributed by atoms with Crippen LogP contribution in [0.5, 0.6) is 0 Å². The van der Waals surface area contributed by atoms with Gasteiger partial charge in [-0.1, -0.05) is 90.4 Å². The van der Waals surface area contributed by atoms with Crippen LogP contribution in [0.15, 0.2) is 0 Å². The van der Waals surface area contributed by atoms with Gasteiger partial charge in [0.05, 0.1) is 6.61 Å². The van der Waals surface area contributed by atoms with Gasteiger partial charge in [-0.05, 0) is 6.42 Å². The van der Waals surface area contributed by atoms with Crippen LogP contribution in [0.2, 0.25) is 3.17 Å². The molecule has 2 N–H and O–H groups in total. The van der Waals surface area contributed by atoms with E-state index in [1.165, 1.54) is 105 Å². The predicted octanol–water partition coefficient (Wildman–Crippen LogP) is 6.88. The van der Waals surface area contributed by atoms with Crippen molar-refractivity contribution in [1.29, 1.82) is 0 Å². The molecule has 0 heterocycles. The summed E-state index contributed by atoms with van der Waals surface area (Å²) in [4.78, 5) is 21.2. The molecule has 160 valence electrons. The van der Waals surface area contributed by atoms with Gasteiger partial charge in [-0.25, -0.2) is 9.45 Å². The van der Waals surface area contributed by atoms with Gasteiger partial charge in [0.15, 0.2) is 0 Å². The number of rotatable bonds is 18. The molecule has 5 nitrogen and oxygen atoms in total. The second-order valence-corrected chi connectivity index (χ2v) is 10.9. The Morgan fingerprint density at radius 1 is 0.778 bits per heavy atom. The molecule has 0 fully saturated rings. The Morgan fingerprint density at radius 3 is 1.41 bits per heavy atom. The van der Waals surface area contributed by atoms with E-state index >= 15 is 0 Å². The standard InChI is InChI=1S/C16H35O5P.C4H9.Na/c1-2-3-4-5-6-7-8-9-10-11-12-13-14-15-16-20-21-22(17,18)19;1-3-4-2;/h2-16H2,1H3,(H2,17,18,19);3H,4H2,1-2H3;. The molecule has 7 heteroatoms. The molecular weight excluding hydrogens is 374 g/mol. The number of unbranched alkanes of at least 4 members (excludes halogenated alkanes) is 13. The Balaban J connectivity index is 0. The third kappa shape index (κ3) is 34.9. The van der Waals surface area contributed by atoms with Gasteiger partial charge in [0.25, 0.3) is 0 Å². The third-order valence-electron chi connectivity index (χ3n) is 4.55. The van der Waals surface area contributed by atoms with E-state index in [1.807, 2.05) is 0 Å². The normalized spacial score (nSPS) is 12.6. The molecule has 27 heavy (non-hydrogen) atoms. The first-order chi connectivity index (χ1) is 12.8. The second kappa shape index (κ2) is 23.3. The van der Waals surface area contributed by atoms with Crippen molar-refractivity contribution in [2.24, 2.45) is 0 Å². The van der Waals surface area contributed by atoms with Crippen LogP contribution in [-0.2, 0) is 14.1 Å². The van der Waals surface area contributed by atoms with Crippen LogP contribution in [0.25, 0.3) is 0 Å². The molecule has 0 spiro atoms. The Hall–Kier alpha value is 1.07. The van der Waals surface area contributed by atoms with Crippen LogP contribution >= 0.6 is 7.82 Å². The van der Waals surface area contributed by atoms with Gasteiger partial charge in [-0.15, -0.1) is 4.67 Å². The molecule has 0 aliphatic rings. The van der Waals surface area contributed by atoms with Crippen LogP contribution < -0.4 is 0 Å². The fraction of sp³-hybridized carbons (Fsp3) is 1.00. The summed E-state index contributed by atoms with van der Waals surface area (Å²) in [6.07, 6.45) is 19.2. The van der Waals surface area contributed by atoms with Crippen molar-refractivity contribution in [1.82, 2.24) is 0 Å². The van der Waals surface area contributed by atoms with Crippen LogP contribution in [-0.4, -0.2) is 44.3 Å². The number of hydrogen-bond donors (Lipinski definition) is 2. The first kappa shape index (κ1) is 30.3. The summed E-state index contributed by atoms with van der Waals surface area (Å²) in [7, 11) is -4.48. The van der Waals surface area contributed by atoms with E-state index in [2.05, 4.69) is 30.3 Å². The quantitative estimate of drug-likeness (QED) is 0.0834. The van der Waals surface area contributed by atoms with Gasteiger partial charge >= 0.3 is 59.2 Å². The Morgan fingerprint density at radius 2 is 1.11 bits per heavy atom. The molecule has 0 aromatic heterocycles. The zero-order valence-corrected chi connectivity index (χ0v) is 21.4. The van der Waals surface area contributed by atoms with Gasteiger partial charge in [0.2, 0.25) is 0 Å². The molecule has 1 atom stereocenters. The Labute approximate surface area is 186 Å². The van der Waals surface area contributed by atoms with Crippen molar-refractivity contribution in [2.75, 3.05) is 6.61 Å². The average molecular weight is 419 g/mol. The number of phosphoric acid groups is 1. The van der Waals surface area contributed by atoms with E-state index in [4.69, 9.17) is 9.79 Å². The van der Waals surface area contributed by atoms with Crippen molar-refractivity contribution >= 4 is 35.8 Å². The Bertz CT molecular complexity index is 323. The maximum absolute atomic E-state index is 10.3. The van der Waals surface area contributed by atoms with Crippen LogP contribution in [0.4, 0.5) is 0 Å². The second-order valence-electron chi connectivity index (χ2n) is 7.79. The average Bonchev–Trinajstić information content (AvgIpc) is 2.61. The van der Waals surface area contributed by atoms with E-state index in [0.717, 1.165) is 22.4 Å². The predicted molar refractivity (Wildman–Crippen MR) is 115 cm³/mol. The zero-order chi connectivity index (χ0) is 20.8. The molecule has 0 aliphatic carbocycles. The molecule has 0 rings (SSSR count). The van der Waals surface area contributed by atoms with E-state index in [0.29, 0.717) is 0 Å². The van der Waals surface area contributed by atoms with E-state index < -0.39 is 7.82 Å². The van der Waals surface area contributed by atoms with Gasteiger partial charge in [-0.2, -0.15) is 0 Å². The molecule has 1 unspecified atom stereocenters. The van der Waals surface area contributed by atoms with Crippen molar-refractivity contribution in [2.45, 2.75) is 120 Å². The SMILES string of the molecule is CCCCCCCCCCCCCCCCOOP(=O)(O)O.CC[CH](C)[Na]. The summed E-state index contributed by atoms with van der Waals surface area (Å²) in [5.74, 6) is 0. The van der Waals surface area contributed by atoms with Crippen molar-refractivity contribution in [3.63, 3.8) is 0 Å². The molecule has 0 amide bonds. The molecule has 0 radical (unpaired) electrons. The van der Waals surface area contributed by atoms with Crippen molar-refractivity contribution < 1.29 is 23.9 Å².